The number of aromatic nitrogens is 1. The van der Waals surface area contributed by atoms with Crippen LogP contribution < -0.4 is 0 Å². The SMILES string of the molecule is CCOC(=O)c1c(-c2nc(C(C)C)cc3ccccc23)ccc2ccccc12. The number of nitrogens with zero attached hydrogens (tertiary/aromatic N) is 1. The highest BCUT2D eigenvalue weighted by Gasteiger charge is 2.21. The van der Waals surface area contributed by atoms with E-state index in [1.165, 1.54) is 0 Å². The first-order chi connectivity index (χ1) is 13.6. The molecule has 0 spiro atoms. The maximum atomic E-state index is 13.0. The molecule has 3 heteroatoms. The number of hydrogen-bond acceptors (Lipinski definition) is 3. The number of ether oxygens (including phenoxy) is 1. The fraction of sp³-hybridized carbons (Fsp3) is 0.200. The zero-order chi connectivity index (χ0) is 19.7. The molecule has 4 rings (SSSR count). The zero-order valence-corrected chi connectivity index (χ0v) is 16.4. The van der Waals surface area contributed by atoms with Crippen molar-refractivity contribution >= 4 is 27.5 Å². The van der Waals surface area contributed by atoms with Gasteiger partial charge in [-0.05, 0) is 35.1 Å². The summed E-state index contributed by atoms with van der Waals surface area (Å²) in [5.74, 6) is -0.0232. The number of esters is 1. The molecule has 0 atom stereocenters. The number of carbonyl (C=O) groups excluding carboxylic acids is 1. The second-order valence-electron chi connectivity index (χ2n) is 7.20. The minimum Gasteiger partial charge on any atom is -0.462 e. The average molecular weight is 369 g/mol. The maximum absolute atomic E-state index is 13.0. The monoisotopic (exact) mass is 369 g/mol. The molecule has 3 aromatic carbocycles. The van der Waals surface area contributed by atoms with Gasteiger partial charge in [0, 0.05) is 16.6 Å². The molecule has 0 N–H and O–H groups in total. The molecule has 0 fully saturated rings. The van der Waals surface area contributed by atoms with E-state index in [-0.39, 0.29) is 11.9 Å². The fourth-order valence-corrected chi connectivity index (χ4v) is 3.61. The predicted octanol–water partition coefficient (Wildman–Crippen LogP) is 6.36. The van der Waals surface area contributed by atoms with Gasteiger partial charge in [0.05, 0.1) is 17.9 Å². The van der Waals surface area contributed by atoms with Crippen molar-refractivity contribution < 1.29 is 9.53 Å². The van der Waals surface area contributed by atoms with Gasteiger partial charge in [0.15, 0.2) is 0 Å². The van der Waals surface area contributed by atoms with E-state index in [1.807, 2.05) is 55.5 Å². The van der Waals surface area contributed by atoms with Crippen LogP contribution in [0.3, 0.4) is 0 Å². The molecule has 4 aromatic rings. The van der Waals surface area contributed by atoms with E-state index in [1.54, 1.807) is 0 Å². The number of carbonyl (C=O) groups is 1. The van der Waals surface area contributed by atoms with Gasteiger partial charge in [-0.15, -0.1) is 0 Å². The van der Waals surface area contributed by atoms with Crippen molar-refractivity contribution in [1.29, 1.82) is 0 Å². The summed E-state index contributed by atoms with van der Waals surface area (Å²) in [5, 5.41) is 4.06. The van der Waals surface area contributed by atoms with Crippen molar-refractivity contribution in [3.8, 4) is 11.3 Å². The summed E-state index contributed by atoms with van der Waals surface area (Å²) in [5.41, 5.74) is 3.24. The third-order valence-electron chi connectivity index (χ3n) is 5.02. The Morgan fingerprint density at radius 1 is 0.929 bits per heavy atom. The first kappa shape index (κ1) is 18.2. The molecule has 0 amide bonds. The third-order valence-corrected chi connectivity index (χ3v) is 5.02. The standard InChI is InChI=1S/C25H23NO2/c1-4-28-25(27)23-19-11-7-5-9-17(19)13-14-21(23)24-20-12-8-6-10-18(20)15-22(26-24)16(2)3/h5-16H,4H2,1-3H3. The Labute approximate surface area is 165 Å². The van der Waals surface area contributed by atoms with Gasteiger partial charge in [-0.1, -0.05) is 74.5 Å². The molecular formula is C25H23NO2. The zero-order valence-electron chi connectivity index (χ0n) is 16.4. The minimum absolute atomic E-state index is 0.287. The van der Waals surface area contributed by atoms with Crippen LogP contribution >= 0.6 is 0 Å². The average Bonchev–Trinajstić information content (AvgIpc) is 2.72. The van der Waals surface area contributed by atoms with Crippen molar-refractivity contribution in [1.82, 2.24) is 4.98 Å². The van der Waals surface area contributed by atoms with Crippen LogP contribution in [0.5, 0.6) is 0 Å². The van der Waals surface area contributed by atoms with Gasteiger partial charge in [0.1, 0.15) is 0 Å². The van der Waals surface area contributed by atoms with E-state index in [0.717, 1.165) is 38.5 Å². The highest BCUT2D eigenvalue weighted by Crippen LogP contribution is 2.35. The molecule has 1 heterocycles. The number of benzene rings is 3. The fourth-order valence-electron chi connectivity index (χ4n) is 3.61. The number of fused-ring (bicyclic) bond motifs is 2. The first-order valence-electron chi connectivity index (χ1n) is 9.69. The molecule has 0 aliphatic heterocycles. The van der Waals surface area contributed by atoms with Crippen molar-refractivity contribution in [3.63, 3.8) is 0 Å². The van der Waals surface area contributed by atoms with Crippen LogP contribution in [0.25, 0.3) is 32.8 Å². The van der Waals surface area contributed by atoms with Crippen molar-refractivity contribution in [2.45, 2.75) is 26.7 Å². The first-order valence-corrected chi connectivity index (χ1v) is 9.69. The highest BCUT2D eigenvalue weighted by atomic mass is 16.5. The summed E-state index contributed by atoms with van der Waals surface area (Å²) in [4.78, 5) is 17.9. The Morgan fingerprint density at radius 2 is 1.61 bits per heavy atom. The Bertz CT molecular complexity index is 1180. The quantitative estimate of drug-likeness (QED) is 0.393. The number of hydrogen-bond donors (Lipinski definition) is 0. The normalized spacial score (nSPS) is 11.3. The van der Waals surface area contributed by atoms with E-state index in [2.05, 4.69) is 32.0 Å². The molecule has 28 heavy (non-hydrogen) atoms. The molecule has 0 unspecified atom stereocenters. The van der Waals surface area contributed by atoms with E-state index in [0.29, 0.717) is 12.2 Å². The van der Waals surface area contributed by atoms with Gasteiger partial charge in [-0.2, -0.15) is 0 Å². The van der Waals surface area contributed by atoms with E-state index < -0.39 is 0 Å². The summed E-state index contributed by atoms with van der Waals surface area (Å²) in [7, 11) is 0. The molecule has 0 bridgehead atoms. The van der Waals surface area contributed by atoms with E-state index >= 15 is 0 Å². The third kappa shape index (κ3) is 3.13. The van der Waals surface area contributed by atoms with Crippen molar-refractivity contribution in [2.75, 3.05) is 6.61 Å². The second kappa shape index (κ2) is 7.43. The molecule has 140 valence electrons. The Hall–Kier alpha value is -3.20. The van der Waals surface area contributed by atoms with Gasteiger partial charge < -0.3 is 4.74 Å². The van der Waals surface area contributed by atoms with Crippen LogP contribution in [-0.4, -0.2) is 17.6 Å². The Morgan fingerprint density at radius 3 is 2.32 bits per heavy atom. The molecule has 0 saturated carbocycles. The lowest BCUT2D eigenvalue weighted by atomic mass is 9.93. The van der Waals surface area contributed by atoms with Crippen LogP contribution in [0, 0.1) is 0 Å². The van der Waals surface area contributed by atoms with Crippen LogP contribution in [-0.2, 0) is 4.74 Å². The summed E-state index contributed by atoms with van der Waals surface area (Å²) < 4.78 is 5.42. The predicted molar refractivity (Wildman–Crippen MR) is 115 cm³/mol. The maximum Gasteiger partial charge on any atom is 0.339 e. The largest absolute Gasteiger partial charge is 0.462 e. The topological polar surface area (TPSA) is 39.2 Å². The minimum atomic E-state index is -0.310. The molecule has 0 saturated heterocycles. The summed E-state index contributed by atoms with van der Waals surface area (Å²) in [6, 6.07) is 22.3. The summed E-state index contributed by atoms with van der Waals surface area (Å²) in [6.07, 6.45) is 0. The lowest BCUT2D eigenvalue weighted by Crippen LogP contribution is -2.08. The van der Waals surface area contributed by atoms with Gasteiger partial charge in [-0.3, -0.25) is 4.98 Å². The summed E-state index contributed by atoms with van der Waals surface area (Å²) >= 11 is 0. The van der Waals surface area contributed by atoms with Gasteiger partial charge in [-0.25, -0.2) is 4.79 Å². The smallest absolute Gasteiger partial charge is 0.339 e. The van der Waals surface area contributed by atoms with Gasteiger partial charge in [0.2, 0.25) is 0 Å². The van der Waals surface area contributed by atoms with E-state index in [4.69, 9.17) is 9.72 Å². The molecule has 1 aromatic heterocycles. The highest BCUT2D eigenvalue weighted by molar-refractivity contribution is 6.12. The van der Waals surface area contributed by atoms with E-state index in [9.17, 15) is 4.79 Å². The summed E-state index contributed by atoms with van der Waals surface area (Å²) in [6.45, 7) is 6.43. The molecule has 0 aliphatic carbocycles. The molecular weight excluding hydrogens is 346 g/mol. The molecule has 3 nitrogen and oxygen atoms in total. The Balaban J connectivity index is 2.10. The van der Waals surface area contributed by atoms with Gasteiger partial charge >= 0.3 is 5.97 Å². The Kier molecular flexibility index (Phi) is 4.82. The van der Waals surface area contributed by atoms with Crippen LogP contribution in [0.1, 0.15) is 42.7 Å². The molecule has 0 aliphatic rings. The van der Waals surface area contributed by atoms with Gasteiger partial charge in [0.25, 0.3) is 0 Å². The lowest BCUT2D eigenvalue weighted by Gasteiger charge is -2.16. The second-order valence-corrected chi connectivity index (χ2v) is 7.20. The van der Waals surface area contributed by atoms with Crippen LogP contribution in [0.2, 0.25) is 0 Å². The van der Waals surface area contributed by atoms with Crippen LogP contribution in [0.15, 0.2) is 66.7 Å². The number of pyridine rings is 1. The lowest BCUT2D eigenvalue weighted by molar-refractivity contribution is 0.0529. The molecule has 0 radical (unpaired) electrons. The number of rotatable bonds is 4. The van der Waals surface area contributed by atoms with Crippen LogP contribution in [0.4, 0.5) is 0 Å². The van der Waals surface area contributed by atoms with Crippen molar-refractivity contribution in [2.24, 2.45) is 0 Å². The van der Waals surface area contributed by atoms with Crippen molar-refractivity contribution in [3.05, 3.63) is 78.0 Å².